The van der Waals surface area contributed by atoms with Gasteiger partial charge in [-0.1, -0.05) is 48.5 Å². The number of aliphatic hydroxyl groups is 1. The minimum Gasteiger partial charge on any atom is -0.387 e. The Bertz CT molecular complexity index is 1530. The van der Waals surface area contributed by atoms with E-state index in [1.54, 1.807) is 36.9 Å². The van der Waals surface area contributed by atoms with Gasteiger partial charge in [-0.25, -0.2) is 0 Å². The summed E-state index contributed by atoms with van der Waals surface area (Å²) in [6, 6.07) is 27.2. The Morgan fingerprint density at radius 2 is 1.43 bits per heavy atom. The van der Waals surface area contributed by atoms with Gasteiger partial charge in [0.2, 0.25) is 5.95 Å². The van der Waals surface area contributed by atoms with Crippen LogP contribution in [-0.4, -0.2) is 37.3 Å². The summed E-state index contributed by atoms with van der Waals surface area (Å²) in [4.78, 5) is 17.8. The Morgan fingerprint density at radius 1 is 0.800 bits per heavy atom. The van der Waals surface area contributed by atoms with Crippen molar-refractivity contribution in [3.63, 3.8) is 0 Å². The van der Waals surface area contributed by atoms with Gasteiger partial charge in [0, 0.05) is 54.6 Å². The number of rotatable bonds is 11. The van der Waals surface area contributed by atoms with Crippen molar-refractivity contribution < 1.29 is 5.11 Å². The van der Waals surface area contributed by atoms with Gasteiger partial charge in [0.25, 0.3) is 0 Å². The standard InChI is InChI=1S/C31H30N8O/c1-22(24-12-16-32-17-13-24)38-39-30-27(20-23-8-4-2-5-9-23)29(34-21-28(40)25-14-18-33-19-15-25)36-31(37-30)35-26-10-6-3-7-11-26/h2-19,28,40H,20-21H2,1H3,(H3,34,35,36,37,39). The van der Waals surface area contributed by atoms with Gasteiger partial charge in [0.15, 0.2) is 5.82 Å². The van der Waals surface area contributed by atoms with Gasteiger partial charge >= 0.3 is 0 Å². The van der Waals surface area contributed by atoms with E-state index in [0.717, 1.165) is 33.7 Å². The summed E-state index contributed by atoms with van der Waals surface area (Å²) in [5, 5.41) is 22.1. The lowest BCUT2D eigenvalue weighted by Crippen LogP contribution is -2.17. The zero-order chi connectivity index (χ0) is 27.6. The molecule has 9 nitrogen and oxygen atoms in total. The van der Waals surface area contributed by atoms with Crippen molar-refractivity contribution in [3.05, 3.63) is 132 Å². The second kappa shape index (κ2) is 13.1. The lowest BCUT2D eigenvalue weighted by atomic mass is 10.1. The van der Waals surface area contributed by atoms with Gasteiger partial charge in [0.1, 0.15) is 5.82 Å². The molecule has 0 radical (unpaired) electrons. The molecule has 0 saturated heterocycles. The third-order valence-electron chi connectivity index (χ3n) is 6.24. The summed E-state index contributed by atoms with van der Waals surface area (Å²) >= 11 is 0. The van der Waals surface area contributed by atoms with Crippen LogP contribution in [0, 0.1) is 0 Å². The van der Waals surface area contributed by atoms with Crippen LogP contribution in [0.5, 0.6) is 0 Å². The fraction of sp³-hybridized carbons (Fsp3) is 0.129. The van der Waals surface area contributed by atoms with Gasteiger partial charge in [0.05, 0.1) is 11.8 Å². The highest BCUT2D eigenvalue weighted by molar-refractivity contribution is 5.98. The van der Waals surface area contributed by atoms with E-state index in [0.29, 0.717) is 24.0 Å². The van der Waals surface area contributed by atoms with Gasteiger partial charge in [-0.3, -0.25) is 15.4 Å². The highest BCUT2D eigenvalue weighted by Gasteiger charge is 2.17. The van der Waals surface area contributed by atoms with Crippen LogP contribution in [-0.2, 0) is 6.42 Å². The van der Waals surface area contributed by atoms with E-state index in [-0.39, 0.29) is 6.54 Å². The normalized spacial score (nSPS) is 12.0. The van der Waals surface area contributed by atoms with Gasteiger partial charge < -0.3 is 15.7 Å². The molecule has 0 aliphatic rings. The van der Waals surface area contributed by atoms with Crippen molar-refractivity contribution in [1.82, 2.24) is 19.9 Å². The van der Waals surface area contributed by atoms with Crippen LogP contribution in [0.4, 0.5) is 23.3 Å². The Kier molecular flexibility index (Phi) is 8.65. The molecule has 1 atom stereocenters. The number of pyridine rings is 2. The lowest BCUT2D eigenvalue weighted by molar-refractivity contribution is 0.191. The van der Waals surface area contributed by atoms with E-state index >= 15 is 0 Å². The quantitative estimate of drug-likeness (QED) is 0.129. The summed E-state index contributed by atoms with van der Waals surface area (Å²) in [5.41, 5.74) is 8.43. The number of anilines is 4. The van der Waals surface area contributed by atoms with Gasteiger partial charge in [-0.15, -0.1) is 0 Å². The molecule has 0 saturated carbocycles. The summed E-state index contributed by atoms with van der Waals surface area (Å²) < 4.78 is 0. The van der Waals surface area contributed by atoms with Crippen LogP contribution in [0.1, 0.15) is 35.3 Å². The summed E-state index contributed by atoms with van der Waals surface area (Å²) in [6.07, 6.45) is 6.59. The molecule has 0 aliphatic heterocycles. The van der Waals surface area contributed by atoms with E-state index in [2.05, 4.69) is 43.3 Å². The molecule has 0 fully saturated rings. The van der Waals surface area contributed by atoms with Crippen molar-refractivity contribution in [3.8, 4) is 0 Å². The predicted molar refractivity (Wildman–Crippen MR) is 159 cm³/mol. The SMILES string of the molecule is CC(=NNc1nc(Nc2ccccc2)nc(NCC(O)c2ccncc2)c1Cc1ccccc1)c1ccncc1. The van der Waals surface area contributed by atoms with Crippen molar-refractivity contribution >= 4 is 29.0 Å². The zero-order valence-electron chi connectivity index (χ0n) is 22.1. The number of nitrogens with one attached hydrogen (secondary N) is 3. The molecule has 5 rings (SSSR count). The van der Waals surface area contributed by atoms with Gasteiger partial charge in [-0.2, -0.15) is 15.1 Å². The second-order valence-corrected chi connectivity index (χ2v) is 9.10. The number of hydrogen-bond acceptors (Lipinski definition) is 9. The highest BCUT2D eigenvalue weighted by atomic mass is 16.3. The van der Waals surface area contributed by atoms with E-state index in [4.69, 9.17) is 9.97 Å². The summed E-state index contributed by atoms with van der Waals surface area (Å²) in [7, 11) is 0. The Labute approximate surface area is 233 Å². The van der Waals surface area contributed by atoms with Crippen LogP contribution in [0.2, 0.25) is 0 Å². The largest absolute Gasteiger partial charge is 0.387 e. The van der Waals surface area contributed by atoms with Crippen LogP contribution < -0.4 is 16.1 Å². The van der Waals surface area contributed by atoms with Crippen molar-refractivity contribution in [1.29, 1.82) is 0 Å². The molecule has 0 bridgehead atoms. The minimum absolute atomic E-state index is 0.242. The number of nitrogens with zero attached hydrogens (tertiary/aromatic N) is 5. The molecule has 40 heavy (non-hydrogen) atoms. The monoisotopic (exact) mass is 530 g/mol. The number of aliphatic hydroxyl groups excluding tert-OH is 1. The molecule has 3 heterocycles. The van der Waals surface area contributed by atoms with Crippen molar-refractivity contribution in [2.45, 2.75) is 19.4 Å². The van der Waals surface area contributed by atoms with Crippen LogP contribution in [0.3, 0.4) is 0 Å². The molecule has 0 amide bonds. The fourth-order valence-electron chi connectivity index (χ4n) is 4.09. The first-order valence-corrected chi connectivity index (χ1v) is 12.9. The number of benzene rings is 2. The van der Waals surface area contributed by atoms with E-state index in [1.165, 1.54) is 0 Å². The molecule has 5 aromatic rings. The van der Waals surface area contributed by atoms with Crippen molar-refractivity contribution in [2.24, 2.45) is 5.10 Å². The summed E-state index contributed by atoms with van der Waals surface area (Å²) in [5.74, 6) is 1.53. The van der Waals surface area contributed by atoms with Crippen molar-refractivity contribution in [2.75, 3.05) is 22.6 Å². The molecule has 2 aromatic carbocycles. The first-order chi connectivity index (χ1) is 19.7. The third kappa shape index (κ3) is 7.03. The molecule has 200 valence electrons. The molecule has 3 aromatic heterocycles. The maximum atomic E-state index is 10.8. The fourth-order valence-corrected chi connectivity index (χ4v) is 4.09. The highest BCUT2D eigenvalue weighted by Crippen LogP contribution is 2.28. The molecule has 0 spiro atoms. The maximum Gasteiger partial charge on any atom is 0.231 e. The van der Waals surface area contributed by atoms with E-state index in [9.17, 15) is 5.11 Å². The maximum absolute atomic E-state index is 10.8. The zero-order valence-corrected chi connectivity index (χ0v) is 22.1. The van der Waals surface area contributed by atoms with E-state index in [1.807, 2.05) is 67.6 Å². The molecular weight excluding hydrogens is 500 g/mol. The lowest BCUT2D eigenvalue weighted by Gasteiger charge is -2.19. The number of para-hydroxylation sites is 1. The molecule has 9 heteroatoms. The Morgan fingerprint density at radius 3 is 2.12 bits per heavy atom. The Balaban J connectivity index is 1.53. The summed E-state index contributed by atoms with van der Waals surface area (Å²) in [6.45, 7) is 2.17. The number of hydrazone groups is 1. The average molecular weight is 531 g/mol. The number of hydrogen-bond donors (Lipinski definition) is 4. The third-order valence-corrected chi connectivity index (χ3v) is 6.24. The molecule has 0 aliphatic carbocycles. The second-order valence-electron chi connectivity index (χ2n) is 9.10. The van der Waals surface area contributed by atoms with Gasteiger partial charge in [-0.05, 0) is 54.4 Å². The van der Waals surface area contributed by atoms with Crippen LogP contribution in [0.25, 0.3) is 0 Å². The molecule has 1 unspecified atom stereocenters. The number of aromatic nitrogens is 4. The minimum atomic E-state index is -0.753. The van der Waals surface area contributed by atoms with Crippen LogP contribution >= 0.6 is 0 Å². The molecule has 4 N–H and O–H groups in total. The van der Waals surface area contributed by atoms with Crippen LogP contribution in [0.15, 0.2) is 115 Å². The predicted octanol–water partition coefficient (Wildman–Crippen LogP) is 5.58. The molecular formula is C31H30N8O. The first-order valence-electron chi connectivity index (χ1n) is 12.9. The first kappa shape index (κ1) is 26.5. The smallest absolute Gasteiger partial charge is 0.231 e. The topological polar surface area (TPSA) is 120 Å². The average Bonchev–Trinajstić information content (AvgIpc) is 3.01. The Hall–Kier alpha value is -5.15. The van der Waals surface area contributed by atoms with E-state index < -0.39 is 6.10 Å².